The molecule has 0 amide bonds. The van der Waals surface area contributed by atoms with Crippen LogP contribution < -0.4 is 0 Å². The van der Waals surface area contributed by atoms with E-state index in [2.05, 4.69) is 23.4 Å². The smallest absolute Gasteiger partial charge is 0.239 e. The van der Waals surface area contributed by atoms with Crippen LogP contribution in [0.4, 0.5) is 0 Å². The van der Waals surface area contributed by atoms with Crippen LogP contribution in [0.1, 0.15) is 0 Å². The Bertz CT molecular complexity index is 97.7. The Kier molecular flexibility index (Phi) is 2.91. The molecule has 0 aromatic heterocycles. The molecular formula is H3O2PS3. The fourth-order valence-electron chi connectivity index (χ4n) is 0. The van der Waals surface area contributed by atoms with Crippen molar-refractivity contribution in [1.82, 2.24) is 0 Å². The van der Waals surface area contributed by atoms with Crippen LogP contribution >= 0.6 is 17.9 Å². The minimum atomic E-state index is -2.97. The fraction of sp³-hybridized carbons (Fsp3) is 0. The minimum Gasteiger partial charge on any atom is -0.338 e. The van der Waals surface area contributed by atoms with Gasteiger partial charge in [0.2, 0.25) is 5.69 Å². The Morgan fingerprint density at radius 1 is 1.67 bits per heavy atom. The molecule has 6 heteroatoms. The van der Waals surface area contributed by atoms with E-state index in [1.165, 1.54) is 0 Å². The lowest BCUT2D eigenvalue weighted by Crippen LogP contribution is -1.56. The quantitative estimate of drug-likeness (QED) is 0.350. The first kappa shape index (κ1) is 7.14. The summed E-state index contributed by atoms with van der Waals surface area (Å²) in [7, 11) is 0.552. The van der Waals surface area contributed by atoms with Crippen molar-refractivity contribution in [1.29, 1.82) is 0 Å². The van der Waals surface area contributed by atoms with Gasteiger partial charge in [0, 0.05) is 0 Å². The van der Waals surface area contributed by atoms with Gasteiger partial charge in [-0.05, 0) is 20.7 Å². The van der Waals surface area contributed by atoms with Gasteiger partial charge in [0.05, 0.1) is 0 Å². The van der Waals surface area contributed by atoms with Crippen LogP contribution in [-0.4, -0.2) is 9.79 Å². The molecule has 0 saturated heterocycles. The molecule has 0 heterocycles. The van der Waals surface area contributed by atoms with Crippen molar-refractivity contribution < 1.29 is 9.79 Å². The molecule has 0 unspecified atom stereocenters. The third-order valence-electron chi connectivity index (χ3n) is 0.100. The van der Waals surface area contributed by atoms with Gasteiger partial charge in [-0.2, -0.15) is 0 Å². The van der Waals surface area contributed by atoms with E-state index >= 15 is 0 Å². The van der Waals surface area contributed by atoms with Crippen LogP contribution in [0.5, 0.6) is 0 Å². The second-order valence-electron chi connectivity index (χ2n) is 0.588. The van der Waals surface area contributed by atoms with Gasteiger partial charge in [0.1, 0.15) is 0 Å². The zero-order valence-corrected chi connectivity index (χ0v) is 6.03. The highest BCUT2D eigenvalue weighted by Crippen LogP contribution is 2.40. The monoisotopic (exact) mass is 162 g/mol. The third-order valence-corrected chi connectivity index (χ3v) is 4.50. The summed E-state index contributed by atoms with van der Waals surface area (Å²) in [5, 5.41) is 0. The van der Waals surface area contributed by atoms with Crippen molar-refractivity contribution in [2.24, 2.45) is 0 Å². The van der Waals surface area contributed by atoms with Gasteiger partial charge in [-0.3, -0.25) is 0 Å². The average molecular weight is 162 g/mol. The summed E-state index contributed by atoms with van der Waals surface area (Å²) in [6.45, 7) is 0. The predicted molar refractivity (Wildman–Crippen MR) is 35.1 cm³/mol. The average Bonchev–Trinajstić information content (AvgIpc) is 1.35. The molecule has 0 aliphatic carbocycles. The van der Waals surface area contributed by atoms with E-state index < -0.39 is 5.69 Å². The Hall–Kier alpha value is 1.14. The van der Waals surface area contributed by atoms with E-state index in [0.717, 1.165) is 0 Å². The molecule has 0 aliphatic rings. The zero-order chi connectivity index (χ0) is 5.21. The van der Waals surface area contributed by atoms with Crippen LogP contribution in [0, 0.1) is 0 Å². The highest BCUT2D eigenvalue weighted by Gasteiger charge is 1.92. The van der Waals surface area contributed by atoms with Gasteiger partial charge in [-0.15, -0.1) is 0 Å². The van der Waals surface area contributed by atoms with E-state index in [4.69, 9.17) is 9.79 Å². The van der Waals surface area contributed by atoms with Crippen LogP contribution in [0.2, 0.25) is 0 Å². The van der Waals surface area contributed by atoms with Crippen molar-refractivity contribution in [2.75, 3.05) is 0 Å². The summed E-state index contributed by atoms with van der Waals surface area (Å²) in [5.41, 5.74) is -2.97. The van der Waals surface area contributed by atoms with E-state index in [1.54, 1.807) is 0 Å². The van der Waals surface area contributed by atoms with Gasteiger partial charge in [0.15, 0.2) is 0 Å². The molecule has 0 aromatic rings. The van der Waals surface area contributed by atoms with Crippen LogP contribution in [0.3, 0.4) is 0 Å². The Morgan fingerprint density at radius 3 is 1.83 bits per heavy atom. The van der Waals surface area contributed by atoms with Gasteiger partial charge in [-0.1, -0.05) is 12.2 Å². The molecule has 2 nitrogen and oxygen atoms in total. The zero-order valence-electron chi connectivity index (χ0n) is 2.61. The van der Waals surface area contributed by atoms with E-state index in [9.17, 15) is 0 Å². The number of rotatable bonds is 0. The molecule has 2 N–H and O–H groups in total. The lowest BCUT2D eigenvalue weighted by atomic mass is 15.9. The molecule has 0 fully saturated rings. The first-order valence-electron chi connectivity index (χ1n) is 0.949. The lowest BCUT2D eigenvalue weighted by Gasteiger charge is -1.90. The summed E-state index contributed by atoms with van der Waals surface area (Å²) in [6, 6.07) is 0. The summed E-state index contributed by atoms with van der Waals surface area (Å²) in [5.74, 6) is 0. The summed E-state index contributed by atoms with van der Waals surface area (Å²) in [6.07, 6.45) is 0. The highest BCUT2D eigenvalue weighted by atomic mass is 33.1. The molecule has 0 bridgehead atoms. The first-order valence-corrected chi connectivity index (χ1v) is 6.14. The maximum Gasteiger partial charge on any atom is 0.239 e. The molecule has 38 valence electrons. The molecule has 0 spiro atoms. The maximum absolute atomic E-state index is 8.22. The van der Waals surface area contributed by atoms with Gasteiger partial charge >= 0.3 is 0 Å². The molecular weight excluding hydrogens is 159 g/mol. The van der Waals surface area contributed by atoms with Gasteiger partial charge < -0.3 is 9.79 Å². The van der Waals surface area contributed by atoms with Crippen molar-refractivity contribution in [3.63, 3.8) is 0 Å². The SMILES string of the molecule is OP(O)(S)=S=S. The predicted octanol–water partition coefficient (Wildman–Crippen LogP) is 0.123. The van der Waals surface area contributed by atoms with Crippen molar-refractivity contribution in [3.05, 3.63) is 0 Å². The van der Waals surface area contributed by atoms with Gasteiger partial charge in [0.25, 0.3) is 0 Å². The Balaban J connectivity index is 4.21. The first-order chi connectivity index (χ1) is 2.56. The summed E-state index contributed by atoms with van der Waals surface area (Å²) in [4.78, 5) is 16.4. The Labute approximate surface area is 48.7 Å². The van der Waals surface area contributed by atoms with Crippen molar-refractivity contribution >= 4 is 38.6 Å². The summed E-state index contributed by atoms with van der Waals surface area (Å²) >= 11 is 7.51. The van der Waals surface area contributed by atoms with E-state index in [1.807, 2.05) is 0 Å². The standard InChI is InChI=1S/H3O2PS3/c1-3(2,4)6-5/h1-2,4H. The Morgan fingerprint density at radius 2 is 1.83 bits per heavy atom. The molecule has 6 heavy (non-hydrogen) atoms. The minimum absolute atomic E-state index is 0.552. The van der Waals surface area contributed by atoms with Crippen LogP contribution in [-0.2, 0) is 20.7 Å². The highest BCUT2D eigenvalue weighted by molar-refractivity contribution is 8.66. The molecule has 0 rings (SSSR count). The largest absolute Gasteiger partial charge is 0.338 e. The molecule has 0 atom stereocenters. The number of hydrogen-bond acceptors (Lipinski definition) is 1. The third kappa shape index (κ3) is 5.14. The second-order valence-corrected chi connectivity index (χ2v) is 7.56. The van der Waals surface area contributed by atoms with E-state index in [-0.39, 0.29) is 0 Å². The van der Waals surface area contributed by atoms with E-state index in [0.29, 0.717) is 9.50 Å². The molecule has 0 radical (unpaired) electrons. The fourth-order valence-corrected chi connectivity index (χ4v) is 0. The molecule has 0 aliphatic heterocycles. The number of hydrogen-bond donors (Lipinski definition) is 3. The second kappa shape index (κ2) is 2.45. The van der Waals surface area contributed by atoms with Crippen molar-refractivity contribution in [2.45, 2.75) is 0 Å². The molecule has 0 aromatic carbocycles. The normalized spacial score (nSPS) is 11.2. The van der Waals surface area contributed by atoms with Crippen LogP contribution in [0.25, 0.3) is 0 Å². The topological polar surface area (TPSA) is 40.5 Å². The maximum atomic E-state index is 8.22. The van der Waals surface area contributed by atoms with Crippen molar-refractivity contribution in [3.8, 4) is 0 Å². The summed E-state index contributed by atoms with van der Waals surface area (Å²) < 4.78 is 0. The van der Waals surface area contributed by atoms with Crippen LogP contribution in [0.15, 0.2) is 0 Å². The number of thiol groups is 1. The lowest BCUT2D eigenvalue weighted by molar-refractivity contribution is 0.503. The molecule has 0 saturated carbocycles. The van der Waals surface area contributed by atoms with Gasteiger partial charge in [-0.25, -0.2) is 0 Å².